The van der Waals surface area contributed by atoms with Crippen molar-refractivity contribution in [3.05, 3.63) is 66.4 Å². The maximum Gasteiger partial charge on any atom is 0.240 e. The predicted octanol–water partition coefficient (Wildman–Crippen LogP) is 8.48. The van der Waals surface area contributed by atoms with E-state index >= 15 is 0 Å². The maximum absolute atomic E-state index is 12.3. The summed E-state index contributed by atoms with van der Waals surface area (Å²) >= 11 is 0. The highest BCUT2D eigenvalue weighted by atomic mass is 16.5. The molecule has 0 saturated heterocycles. The summed E-state index contributed by atoms with van der Waals surface area (Å²) in [5.74, 6) is 0.743. The minimum atomic E-state index is -0.0456. The fraction of sp³-hybridized carbons (Fsp3) is 0.485. The topological polar surface area (TPSA) is 68.5 Å². The van der Waals surface area contributed by atoms with Gasteiger partial charge in [-0.1, -0.05) is 102 Å². The second-order valence-corrected chi connectivity index (χ2v) is 10.2. The van der Waals surface area contributed by atoms with E-state index in [-0.39, 0.29) is 5.91 Å². The van der Waals surface area contributed by atoms with Gasteiger partial charge in [-0.15, -0.1) is 0 Å². The number of carbonyl (C=O) groups excluding carboxylic acids is 1. The highest BCUT2D eigenvalue weighted by Crippen LogP contribution is 2.25. The molecule has 0 aliphatic rings. The van der Waals surface area contributed by atoms with Gasteiger partial charge >= 0.3 is 0 Å². The number of aromatic nitrogens is 2. The third-order valence-corrected chi connectivity index (χ3v) is 7.03. The van der Waals surface area contributed by atoms with Crippen LogP contribution in [-0.4, -0.2) is 29.0 Å². The summed E-state index contributed by atoms with van der Waals surface area (Å²) in [5, 5.41) is 9.04. The molecule has 0 atom stereocenters. The Morgan fingerprint density at radius 3 is 2.03 bits per heavy atom. The van der Waals surface area contributed by atoms with Crippen LogP contribution in [0.15, 0.2) is 65.9 Å². The first kappa shape index (κ1) is 30.1. The molecule has 1 aromatic heterocycles. The average molecular weight is 531 g/mol. The Morgan fingerprint density at radius 1 is 0.846 bits per heavy atom. The SMILES string of the molecule is CCCCCCCCCCCCCCCC(=O)N/N=C\c1cn(-c2ccccc2)nc1-c1ccc(OC)cc1. The molecule has 6 nitrogen and oxygen atoms in total. The first-order chi connectivity index (χ1) is 19.2. The Hall–Kier alpha value is -3.41. The first-order valence-electron chi connectivity index (χ1n) is 14.8. The van der Waals surface area contributed by atoms with Crippen molar-refractivity contribution in [2.24, 2.45) is 5.10 Å². The number of methoxy groups -OCH3 is 1. The third kappa shape index (κ3) is 11.1. The molecule has 3 aromatic rings. The largest absolute Gasteiger partial charge is 0.497 e. The van der Waals surface area contributed by atoms with Crippen molar-refractivity contribution >= 4 is 12.1 Å². The van der Waals surface area contributed by atoms with E-state index in [1.165, 1.54) is 70.6 Å². The van der Waals surface area contributed by atoms with Crippen LogP contribution in [0.3, 0.4) is 0 Å². The van der Waals surface area contributed by atoms with E-state index in [2.05, 4.69) is 17.5 Å². The molecule has 210 valence electrons. The zero-order valence-electron chi connectivity index (χ0n) is 23.9. The smallest absolute Gasteiger partial charge is 0.240 e. The zero-order valence-corrected chi connectivity index (χ0v) is 23.9. The number of ether oxygens (including phenoxy) is 1. The quantitative estimate of drug-likeness (QED) is 0.0960. The molecule has 39 heavy (non-hydrogen) atoms. The number of hydrazone groups is 1. The molecular weight excluding hydrogens is 484 g/mol. The lowest BCUT2D eigenvalue weighted by molar-refractivity contribution is -0.121. The van der Waals surface area contributed by atoms with Crippen molar-refractivity contribution in [1.29, 1.82) is 0 Å². The number of benzene rings is 2. The fourth-order valence-electron chi connectivity index (χ4n) is 4.70. The van der Waals surface area contributed by atoms with Gasteiger partial charge in [0.15, 0.2) is 0 Å². The van der Waals surface area contributed by atoms with Crippen LogP contribution in [0.1, 0.15) is 102 Å². The van der Waals surface area contributed by atoms with Crippen molar-refractivity contribution < 1.29 is 9.53 Å². The molecule has 1 amide bonds. The van der Waals surface area contributed by atoms with Gasteiger partial charge in [-0.25, -0.2) is 10.1 Å². The number of rotatable bonds is 19. The summed E-state index contributed by atoms with van der Waals surface area (Å²) in [5.41, 5.74) is 6.21. The number of carbonyl (C=O) groups is 1. The molecule has 1 heterocycles. The molecule has 0 fully saturated rings. The first-order valence-corrected chi connectivity index (χ1v) is 14.8. The van der Waals surface area contributed by atoms with Crippen molar-refractivity contribution in [1.82, 2.24) is 15.2 Å². The Morgan fingerprint density at radius 2 is 1.44 bits per heavy atom. The summed E-state index contributed by atoms with van der Waals surface area (Å²) in [4.78, 5) is 12.3. The van der Waals surface area contributed by atoms with E-state index in [0.717, 1.165) is 41.1 Å². The van der Waals surface area contributed by atoms with Crippen LogP contribution < -0.4 is 10.2 Å². The second-order valence-electron chi connectivity index (χ2n) is 10.2. The molecule has 0 radical (unpaired) electrons. The van der Waals surface area contributed by atoms with Crippen LogP contribution in [0.4, 0.5) is 0 Å². The maximum atomic E-state index is 12.3. The van der Waals surface area contributed by atoms with Crippen LogP contribution in [0, 0.1) is 0 Å². The Bertz CT molecular complexity index is 1110. The Kier molecular flexibility index (Phi) is 13.9. The van der Waals surface area contributed by atoms with Gasteiger partial charge in [0.05, 0.1) is 19.0 Å². The molecule has 0 unspecified atom stereocenters. The minimum absolute atomic E-state index is 0.0456. The van der Waals surface area contributed by atoms with E-state index in [1.807, 2.05) is 65.5 Å². The van der Waals surface area contributed by atoms with Crippen LogP contribution in [0.5, 0.6) is 5.75 Å². The van der Waals surface area contributed by atoms with Gasteiger partial charge in [-0.2, -0.15) is 10.2 Å². The predicted molar refractivity (Wildman–Crippen MR) is 162 cm³/mol. The lowest BCUT2D eigenvalue weighted by Gasteiger charge is -2.03. The fourth-order valence-corrected chi connectivity index (χ4v) is 4.70. The number of amides is 1. The normalized spacial score (nSPS) is 11.2. The summed E-state index contributed by atoms with van der Waals surface area (Å²) in [7, 11) is 1.65. The lowest BCUT2D eigenvalue weighted by atomic mass is 10.0. The van der Waals surface area contributed by atoms with Crippen LogP contribution in [0.25, 0.3) is 16.9 Å². The number of hydrogen-bond donors (Lipinski definition) is 1. The van der Waals surface area contributed by atoms with Gasteiger partial charge < -0.3 is 4.74 Å². The van der Waals surface area contributed by atoms with E-state index in [0.29, 0.717) is 6.42 Å². The summed E-state index contributed by atoms with van der Waals surface area (Å²) in [6.07, 6.45) is 20.9. The standard InChI is InChI=1S/C33H46N4O2/c1-3-4-5-6-7-8-9-10-11-12-13-14-18-21-32(38)35-34-26-29-27-37(30-19-16-15-17-20-30)36-33(29)28-22-24-31(39-2)25-23-28/h15-17,19-20,22-27H,3-14,18,21H2,1-2H3,(H,35,38)/b34-26-. The van der Waals surface area contributed by atoms with Crippen molar-refractivity contribution in [2.45, 2.75) is 96.8 Å². The van der Waals surface area contributed by atoms with E-state index < -0.39 is 0 Å². The summed E-state index contributed by atoms with van der Waals surface area (Å²) in [6, 6.07) is 17.7. The Balaban J connectivity index is 1.39. The highest BCUT2D eigenvalue weighted by Gasteiger charge is 2.11. The molecule has 0 bridgehead atoms. The lowest BCUT2D eigenvalue weighted by Crippen LogP contribution is -2.16. The molecule has 3 rings (SSSR count). The Labute approximate surface area is 234 Å². The third-order valence-electron chi connectivity index (χ3n) is 7.03. The van der Waals surface area contributed by atoms with E-state index in [4.69, 9.17) is 9.84 Å². The zero-order chi connectivity index (χ0) is 27.5. The molecule has 0 aliphatic carbocycles. The molecule has 1 N–H and O–H groups in total. The number of nitrogens with zero attached hydrogens (tertiary/aromatic N) is 3. The van der Waals surface area contributed by atoms with Gasteiger partial charge in [0.2, 0.25) is 5.91 Å². The van der Waals surface area contributed by atoms with Crippen LogP contribution >= 0.6 is 0 Å². The van der Waals surface area contributed by atoms with Crippen molar-refractivity contribution in [3.8, 4) is 22.7 Å². The van der Waals surface area contributed by atoms with E-state index in [1.54, 1.807) is 13.3 Å². The molecular formula is C33H46N4O2. The van der Waals surface area contributed by atoms with Gasteiger partial charge in [0.25, 0.3) is 0 Å². The molecule has 0 saturated carbocycles. The van der Waals surface area contributed by atoms with E-state index in [9.17, 15) is 4.79 Å². The highest BCUT2D eigenvalue weighted by molar-refractivity contribution is 5.89. The average Bonchev–Trinajstić information content (AvgIpc) is 3.40. The van der Waals surface area contributed by atoms with Crippen molar-refractivity contribution in [3.63, 3.8) is 0 Å². The van der Waals surface area contributed by atoms with Crippen LogP contribution in [-0.2, 0) is 4.79 Å². The molecule has 0 spiro atoms. The van der Waals surface area contributed by atoms with Gasteiger partial charge in [0.1, 0.15) is 11.4 Å². The van der Waals surface area contributed by atoms with Gasteiger partial charge in [0, 0.05) is 23.7 Å². The monoisotopic (exact) mass is 530 g/mol. The number of nitrogens with one attached hydrogen (secondary N) is 1. The van der Waals surface area contributed by atoms with Gasteiger partial charge in [-0.05, 0) is 42.8 Å². The summed E-state index contributed by atoms with van der Waals surface area (Å²) in [6.45, 7) is 2.27. The van der Waals surface area contributed by atoms with Gasteiger partial charge in [-0.3, -0.25) is 4.79 Å². The number of hydrogen-bond acceptors (Lipinski definition) is 4. The molecule has 6 heteroatoms. The molecule has 0 aliphatic heterocycles. The number of para-hydroxylation sites is 1. The minimum Gasteiger partial charge on any atom is -0.497 e. The summed E-state index contributed by atoms with van der Waals surface area (Å²) < 4.78 is 7.12. The van der Waals surface area contributed by atoms with Crippen LogP contribution in [0.2, 0.25) is 0 Å². The van der Waals surface area contributed by atoms with Crippen molar-refractivity contribution in [2.75, 3.05) is 7.11 Å². The molecule has 2 aromatic carbocycles. The number of unbranched alkanes of at least 4 members (excludes halogenated alkanes) is 12. The second kappa shape index (κ2) is 18.0.